The molecule has 0 aromatic carbocycles. The topological polar surface area (TPSA) is 56.5 Å². The van der Waals surface area contributed by atoms with Gasteiger partial charge in [0, 0.05) is 29.8 Å². The van der Waals surface area contributed by atoms with Crippen molar-refractivity contribution in [2.75, 3.05) is 7.11 Å². The fourth-order valence-electron chi connectivity index (χ4n) is 3.06. The highest BCUT2D eigenvalue weighted by Gasteiger charge is 2.30. The summed E-state index contributed by atoms with van der Waals surface area (Å²) < 4.78 is 6.74. The summed E-state index contributed by atoms with van der Waals surface area (Å²) in [6.07, 6.45) is 5.13. The number of pyridine rings is 2. The SMILES string of the molecule is COC(=O)c1cccc(Cc2c(C3CC3)nn3cc(C)ccc23)n1. The number of fused-ring (bicyclic) bond motifs is 1. The van der Waals surface area contributed by atoms with Gasteiger partial charge in [-0.05, 0) is 43.5 Å². The van der Waals surface area contributed by atoms with Crippen LogP contribution in [-0.4, -0.2) is 27.7 Å². The van der Waals surface area contributed by atoms with Crippen LogP contribution >= 0.6 is 0 Å². The maximum Gasteiger partial charge on any atom is 0.356 e. The molecule has 0 N–H and O–H groups in total. The quantitative estimate of drug-likeness (QED) is 0.692. The molecule has 24 heavy (non-hydrogen) atoms. The lowest BCUT2D eigenvalue weighted by molar-refractivity contribution is 0.0593. The summed E-state index contributed by atoms with van der Waals surface area (Å²) in [7, 11) is 1.37. The third-order valence-corrected chi connectivity index (χ3v) is 4.43. The number of carbonyl (C=O) groups excluding carboxylic acids is 1. The van der Waals surface area contributed by atoms with Gasteiger partial charge < -0.3 is 4.74 Å². The average molecular weight is 321 g/mol. The molecule has 0 unspecified atom stereocenters. The van der Waals surface area contributed by atoms with E-state index in [0.29, 0.717) is 18.0 Å². The molecule has 0 amide bonds. The molecule has 0 bridgehead atoms. The van der Waals surface area contributed by atoms with E-state index in [0.717, 1.165) is 11.2 Å². The number of methoxy groups -OCH3 is 1. The molecule has 5 heteroatoms. The zero-order valence-electron chi connectivity index (χ0n) is 13.8. The van der Waals surface area contributed by atoms with Gasteiger partial charge in [-0.3, -0.25) is 0 Å². The maximum atomic E-state index is 11.7. The zero-order chi connectivity index (χ0) is 16.7. The smallest absolute Gasteiger partial charge is 0.356 e. The summed E-state index contributed by atoms with van der Waals surface area (Å²) in [5.74, 6) is 0.152. The van der Waals surface area contributed by atoms with E-state index in [1.165, 1.54) is 36.8 Å². The molecular formula is C19H19N3O2. The molecule has 1 aliphatic rings. The van der Waals surface area contributed by atoms with Gasteiger partial charge >= 0.3 is 5.97 Å². The number of carbonyl (C=O) groups is 1. The molecule has 3 aromatic heterocycles. The highest BCUT2D eigenvalue weighted by Crippen LogP contribution is 2.42. The Morgan fingerprint density at radius 1 is 1.29 bits per heavy atom. The highest BCUT2D eigenvalue weighted by molar-refractivity contribution is 5.87. The van der Waals surface area contributed by atoms with Gasteiger partial charge in [0.25, 0.3) is 0 Å². The molecule has 0 spiro atoms. The van der Waals surface area contributed by atoms with Crippen molar-refractivity contribution >= 4 is 11.5 Å². The molecule has 3 aromatic rings. The van der Waals surface area contributed by atoms with Crippen molar-refractivity contribution in [2.24, 2.45) is 0 Å². The second kappa shape index (κ2) is 5.74. The van der Waals surface area contributed by atoms with Crippen LogP contribution in [0.3, 0.4) is 0 Å². The summed E-state index contributed by atoms with van der Waals surface area (Å²) in [6, 6.07) is 9.70. The number of aromatic nitrogens is 3. The molecule has 1 saturated carbocycles. The number of esters is 1. The van der Waals surface area contributed by atoms with Crippen LogP contribution in [-0.2, 0) is 11.2 Å². The maximum absolute atomic E-state index is 11.7. The highest BCUT2D eigenvalue weighted by atomic mass is 16.5. The Morgan fingerprint density at radius 2 is 2.12 bits per heavy atom. The van der Waals surface area contributed by atoms with Crippen LogP contribution < -0.4 is 0 Å². The molecule has 4 rings (SSSR count). The lowest BCUT2D eigenvalue weighted by Crippen LogP contribution is -2.06. The first-order valence-corrected chi connectivity index (χ1v) is 8.17. The summed E-state index contributed by atoms with van der Waals surface area (Å²) >= 11 is 0. The van der Waals surface area contributed by atoms with Crippen molar-refractivity contribution < 1.29 is 9.53 Å². The molecule has 5 nitrogen and oxygen atoms in total. The van der Waals surface area contributed by atoms with Crippen molar-refractivity contribution in [1.29, 1.82) is 0 Å². The standard InChI is InChI=1S/C19H19N3O2/c1-12-6-9-17-15(18(13-7-8-13)21-22(17)11-12)10-14-4-3-5-16(20-14)19(23)24-2/h3-6,9,11,13H,7-8,10H2,1-2H3. The van der Waals surface area contributed by atoms with Crippen LogP contribution in [0.4, 0.5) is 0 Å². The molecule has 1 fully saturated rings. The van der Waals surface area contributed by atoms with E-state index >= 15 is 0 Å². The van der Waals surface area contributed by atoms with E-state index in [-0.39, 0.29) is 0 Å². The van der Waals surface area contributed by atoms with E-state index in [4.69, 9.17) is 9.84 Å². The van der Waals surface area contributed by atoms with E-state index in [1.807, 2.05) is 16.6 Å². The third kappa shape index (κ3) is 2.66. The van der Waals surface area contributed by atoms with Gasteiger partial charge in [-0.1, -0.05) is 12.1 Å². The Labute approximate surface area is 140 Å². The predicted molar refractivity (Wildman–Crippen MR) is 90.3 cm³/mol. The molecule has 0 radical (unpaired) electrons. The van der Waals surface area contributed by atoms with Gasteiger partial charge in [-0.15, -0.1) is 0 Å². The summed E-state index contributed by atoms with van der Waals surface area (Å²) in [4.78, 5) is 16.2. The second-order valence-electron chi connectivity index (χ2n) is 6.36. The minimum atomic E-state index is -0.408. The van der Waals surface area contributed by atoms with Crippen LogP contribution in [0.25, 0.3) is 5.52 Å². The van der Waals surface area contributed by atoms with Gasteiger partial charge in [-0.25, -0.2) is 14.3 Å². The Hall–Kier alpha value is -2.69. The van der Waals surface area contributed by atoms with Gasteiger partial charge in [-0.2, -0.15) is 5.10 Å². The first-order chi connectivity index (χ1) is 11.7. The van der Waals surface area contributed by atoms with Crippen LogP contribution in [0.1, 0.15) is 51.8 Å². The second-order valence-corrected chi connectivity index (χ2v) is 6.36. The van der Waals surface area contributed by atoms with Crippen LogP contribution in [0.2, 0.25) is 0 Å². The lowest BCUT2D eigenvalue weighted by atomic mass is 10.0. The van der Waals surface area contributed by atoms with Crippen molar-refractivity contribution in [3.05, 3.63) is 64.7 Å². The molecule has 3 heterocycles. The molecule has 122 valence electrons. The van der Waals surface area contributed by atoms with Crippen LogP contribution in [0.15, 0.2) is 36.5 Å². The normalized spacial score (nSPS) is 14.1. The van der Waals surface area contributed by atoms with E-state index in [9.17, 15) is 4.79 Å². The monoisotopic (exact) mass is 321 g/mol. The van der Waals surface area contributed by atoms with Crippen LogP contribution in [0, 0.1) is 6.92 Å². The minimum Gasteiger partial charge on any atom is -0.464 e. The largest absolute Gasteiger partial charge is 0.464 e. The van der Waals surface area contributed by atoms with Crippen molar-refractivity contribution in [2.45, 2.75) is 32.1 Å². The van der Waals surface area contributed by atoms with E-state index in [1.54, 1.807) is 6.07 Å². The molecule has 0 saturated heterocycles. The van der Waals surface area contributed by atoms with Crippen molar-refractivity contribution in [3.63, 3.8) is 0 Å². The summed E-state index contributed by atoms with van der Waals surface area (Å²) in [5, 5.41) is 4.80. The lowest BCUT2D eigenvalue weighted by Gasteiger charge is -2.05. The number of rotatable bonds is 4. The predicted octanol–water partition coefficient (Wildman–Crippen LogP) is 3.29. The minimum absolute atomic E-state index is 0.343. The summed E-state index contributed by atoms with van der Waals surface area (Å²) in [5.41, 5.74) is 5.89. The third-order valence-electron chi connectivity index (χ3n) is 4.43. The van der Waals surface area contributed by atoms with Gasteiger partial charge in [0.1, 0.15) is 5.69 Å². The Morgan fingerprint density at radius 3 is 2.88 bits per heavy atom. The van der Waals surface area contributed by atoms with Gasteiger partial charge in [0.15, 0.2) is 0 Å². The van der Waals surface area contributed by atoms with Crippen molar-refractivity contribution in [1.82, 2.24) is 14.6 Å². The molecule has 0 atom stereocenters. The first-order valence-electron chi connectivity index (χ1n) is 8.17. The Balaban J connectivity index is 1.76. The molecule has 0 aliphatic heterocycles. The Bertz CT molecular complexity index is 926. The van der Waals surface area contributed by atoms with Gasteiger partial charge in [0.2, 0.25) is 0 Å². The summed E-state index contributed by atoms with van der Waals surface area (Å²) in [6.45, 7) is 2.07. The molecular weight excluding hydrogens is 302 g/mol. The molecule has 1 aliphatic carbocycles. The number of nitrogens with zero attached hydrogens (tertiary/aromatic N) is 3. The van der Waals surface area contributed by atoms with Crippen molar-refractivity contribution in [3.8, 4) is 0 Å². The number of hydrogen-bond acceptors (Lipinski definition) is 4. The van der Waals surface area contributed by atoms with Gasteiger partial charge in [0.05, 0.1) is 18.3 Å². The zero-order valence-corrected chi connectivity index (χ0v) is 13.8. The number of ether oxygens (including phenoxy) is 1. The van der Waals surface area contributed by atoms with E-state index < -0.39 is 5.97 Å². The number of aryl methyl sites for hydroxylation is 1. The first kappa shape index (κ1) is 14.9. The van der Waals surface area contributed by atoms with Crippen LogP contribution in [0.5, 0.6) is 0 Å². The number of hydrogen-bond donors (Lipinski definition) is 0. The Kier molecular flexibility index (Phi) is 3.56. The fraction of sp³-hybridized carbons (Fsp3) is 0.316. The van der Waals surface area contributed by atoms with E-state index in [2.05, 4.69) is 30.2 Å². The average Bonchev–Trinajstić information content (AvgIpc) is 3.38. The fourth-order valence-corrected chi connectivity index (χ4v) is 3.06.